The Hall–Kier alpha value is -0.0800. The zero-order chi connectivity index (χ0) is 12.0. The third-order valence-electron chi connectivity index (χ3n) is 3.85. The minimum atomic E-state index is -0.784. The van der Waals surface area contributed by atoms with Gasteiger partial charge in [0, 0.05) is 0 Å². The third kappa shape index (κ3) is 4.42. The highest BCUT2D eigenvalue weighted by Crippen LogP contribution is 2.31. The molecular weight excluding hydrogens is 200 g/mol. The molecule has 1 aliphatic rings. The molecule has 0 radical (unpaired) electrons. The van der Waals surface area contributed by atoms with Crippen molar-refractivity contribution in [2.24, 2.45) is 5.92 Å². The SMILES string of the molecule is CC(C)CCCC(O)C1(O)CCCCCC1. The summed E-state index contributed by atoms with van der Waals surface area (Å²) in [7, 11) is 0. The van der Waals surface area contributed by atoms with Crippen molar-refractivity contribution in [3.05, 3.63) is 0 Å². The fourth-order valence-electron chi connectivity index (χ4n) is 2.66. The summed E-state index contributed by atoms with van der Waals surface area (Å²) in [5, 5.41) is 20.6. The first-order valence-electron chi connectivity index (χ1n) is 6.95. The summed E-state index contributed by atoms with van der Waals surface area (Å²) in [6, 6.07) is 0. The molecule has 2 nitrogen and oxygen atoms in total. The Kier molecular flexibility index (Phi) is 5.77. The van der Waals surface area contributed by atoms with Gasteiger partial charge in [-0.15, -0.1) is 0 Å². The topological polar surface area (TPSA) is 40.5 Å². The summed E-state index contributed by atoms with van der Waals surface area (Å²) in [6.07, 6.45) is 8.55. The molecule has 1 atom stereocenters. The van der Waals surface area contributed by atoms with Gasteiger partial charge in [-0.2, -0.15) is 0 Å². The second-order valence-electron chi connectivity index (χ2n) is 5.86. The van der Waals surface area contributed by atoms with Gasteiger partial charge in [-0.1, -0.05) is 52.4 Å². The van der Waals surface area contributed by atoms with E-state index in [1.165, 1.54) is 12.8 Å². The van der Waals surface area contributed by atoms with Gasteiger partial charge in [-0.25, -0.2) is 0 Å². The fraction of sp³-hybridized carbons (Fsp3) is 1.00. The van der Waals surface area contributed by atoms with Crippen molar-refractivity contribution < 1.29 is 10.2 Å². The number of hydrogen-bond donors (Lipinski definition) is 2. The molecule has 0 bridgehead atoms. The maximum absolute atomic E-state index is 10.4. The second-order valence-corrected chi connectivity index (χ2v) is 5.86. The molecule has 0 aliphatic heterocycles. The molecule has 0 aromatic carbocycles. The Morgan fingerprint density at radius 1 is 1.00 bits per heavy atom. The van der Waals surface area contributed by atoms with Gasteiger partial charge in [-0.05, 0) is 25.2 Å². The number of aliphatic hydroxyl groups is 2. The minimum Gasteiger partial charge on any atom is -0.390 e. The molecule has 1 saturated carbocycles. The smallest absolute Gasteiger partial charge is 0.0905 e. The van der Waals surface area contributed by atoms with E-state index in [1.54, 1.807) is 0 Å². The molecule has 1 aliphatic carbocycles. The summed E-state index contributed by atoms with van der Waals surface area (Å²) < 4.78 is 0. The predicted molar refractivity (Wildman–Crippen MR) is 67.3 cm³/mol. The molecule has 0 aromatic rings. The molecule has 0 heterocycles. The van der Waals surface area contributed by atoms with E-state index in [0.29, 0.717) is 5.92 Å². The molecule has 1 rings (SSSR count). The van der Waals surface area contributed by atoms with Crippen LogP contribution < -0.4 is 0 Å². The van der Waals surface area contributed by atoms with Crippen molar-refractivity contribution in [2.45, 2.75) is 83.3 Å². The van der Waals surface area contributed by atoms with Gasteiger partial charge in [0.15, 0.2) is 0 Å². The van der Waals surface area contributed by atoms with Gasteiger partial charge >= 0.3 is 0 Å². The third-order valence-corrected chi connectivity index (χ3v) is 3.85. The van der Waals surface area contributed by atoms with Crippen LogP contribution in [0.15, 0.2) is 0 Å². The summed E-state index contributed by atoms with van der Waals surface area (Å²) in [6.45, 7) is 4.40. The van der Waals surface area contributed by atoms with Crippen molar-refractivity contribution in [3.8, 4) is 0 Å². The van der Waals surface area contributed by atoms with Gasteiger partial charge in [0.1, 0.15) is 0 Å². The van der Waals surface area contributed by atoms with Crippen molar-refractivity contribution in [1.29, 1.82) is 0 Å². The van der Waals surface area contributed by atoms with Gasteiger partial charge in [0.05, 0.1) is 11.7 Å². The van der Waals surface area contributed by atoms with Crippen molar-refractivity contribution >= 4 is 0 Å². The fourth-order valence-corrected chi connectivity index (χ4v) is 2.66. The van der Waals surface area contributed by atoms with Crippen LogP contribution in [0, 0.1) is 5.92 Å². The van der Waals surface area contributed by atoms with E-state index < -0.39 is 11.7 Å². The lowest BCUT2D eigenvalue weighted by atomic mass is 9.85. The van der Waals surface area contributed by atoms with E-state index in [0.717, 1.165) is 44.9 Å². The maximum Gasteiger partial charge on any atom is 0.0905 e. The average molecular weight is 228 g/mol. The quantitative estimate of drug-likeness (QED) is 0.709. The van der Waals surface area contributed by atoms with Crippen LogP contribution >= 0.6 is 0 Å². The molecule has 1 unspecified atom stereocenters. The van der Waals surface area contributed by atoms with Crippen molar-refractivity contribution in [2.75, 3.05) is 0 Å². The lowest BCUT2D eigenvalue weighted by molar-refractivity contribution is -0.0882. The van der Waals surface area contributed by atoms with Crippen LogP contribution in [0.5, 0.6) is 0 Å². The van der Waals surface area contributed by atoms with Crippen molar-refractivity contribution in [3.63, 3.8) is 0 Å². The molecule has 1 fully saturated rings. The highest BCUT2D eigenvalue weighted by Gasteiger charge is 2.35. The number of rotatable bonds is 5. The molecule has 0 saturated heterocycles. The van der Waals surface area contributed by atoms with Crippen LogP contribution in [0.4, 0.5) is 0 Å². The largest absolute Gasteiger partial charge is 0.390 e. The van der Waals surface area contributed by atoms with E-state index in [4.69, 9.17) is 0 Å². The summed E-state index contributed by atoms with van der Waals surface area (Å²) in [4.78, 5) is 0. The van der Waals surface area contributed by atoms with Gasteiger partial charge in [-0.3, -0.25) is 0 Å². The van der Waals surface area contributed by atoms with Gasteiger partial charge < -0.3 is 10.2 Å². The van der Waals surface area contributed by atoms with E-state index in [1.807, 2.05) is 0 Å². The van der Waals surface area contributed by atoms with E-state index >= 15 is 0 Å². The Balaban J connectivity index is 2.34. The van der Waals surface area contributed by atoms with E-state index in [9.17, 15) is 10.2 Å². The molecule has 2 heteroatoms. The normalized spacial score (nSPS) is 23.1. The van der Waals surface area contributed by atoms with Crippen LogP contribution in [0.1, 0.15) is 71.6 Å². The zero-order valence-electron chi connectivity index (χ0n) is 10.9. The first-order valence-corrected chi connectivity index (χ1v) is 6.95. The van der Waals surface area contributed by atoms with Crippen LogP contribution in [-0.4, -0.2) is 21.9 Å². The van der Waals surface area contributed by atoms with E-state index in [-0.39, 0.29) is 0 Å². The average Bonchev–Trinajstić information content (AvgIpc) is 2.43. The number of hydrogen-bond acceptors (Lipinski definition) is 2. The first-order chi connectivity index (χ1) is 7.54. The maximum atomic E-state index is 10.4. The van der Waals surface area contributed by atoms with Crippen LogP contribution in [0.2, 0.25) is 0 Å². The highest BCUT2D eigenvalue weighted by molar-refractivity contribution is 4.87. The highest BCUT2D eigenvalue weighted by atomic mass is 16.3. The van der Waals surface area contributed by atoms with Crippen LogP contribution in [0.25, 0.3) is 0 Å². The minimum absolute atomic E-state index is 0.510. The van der Waals surface area contributed by atoms with Gasteiger partial charge in [0.2, 0.25) is 0 Å². The van der Waals surface area contributed by atoms with Crippen molar-refractivity contribution in [1.82, 2.24) is 0 Å². The molecule has 96 valence electrons. The van der Waals surface area contributed by atoms with Gasteiger partial charge in [0.25, 0.3) is 0 Å². The zero-order valence-corrected chi connectivity index (χ0v) is 10.9. The molecular formula is C14H28O2. The van der Waals surface area contributed by atoms with Crippen LogP contribution in [0.3, 0.4) is 0 Å². The lowest BCUT2D eigenvalue weighted by Gasteiger charge is -2.32. The Morgan fingerprint density at radius 2 is 1.56 bits per heavy atom. The lowest BCUT2D eigenvalue weighted by Crippen LogP contribution is -2.41. The standard InChI is InChI=1S/C14H28O2/c1-12(2)8-7-9-13(15)14(16)10-5-3-4-6-11-14/h12-13,15-16H,3-11H2,1-2H3. The Bertz CT molecular complexity index is 181. The Morgan fingerprint density at radius 3 is 2.06 bits per heavy atom. The van der Waals surface area contributed by atoms with Crippen LogP contribution in [-0.2, 0) is 0 Å². The molecule has 16 heavy (non-hydrogen) atoms. The summed E-state index contributed by atoms with van der Waals surface area (Å²) >= 11 is 0. The summed E-state index contributed by atoms with van der Waals surface area (Å²) in [5.41, 5.74) is -0.784. The predicted octanol–water partition coefficient (Wildman–Crippen LogP) is 3.26. The Labute approximate surface area is 100 Å². The molecule has 0 spiro atoms. The summed E-state index contributed by atoms with van der Waals surface area (Å²) in [5.74, 6) is 0.691. The molecule has 0 amide bonds. The number of aliphatic hydroxyl groups excluding tert-OH is 1. The second kappa shape index (κ2) is 6.61. The first kappa shape index (κ1) is 14.0. The monoisotopic (exact) mass is 228 g/mol. The molecule has 2 N–H and O–H groups in total. The van der Waals surface area contributed by atoms with E-state index in [2.05, 4.69) is 13.8 Å². The molecule has 0 aromatic heterocycles.